The van der Waals surface area contributed by atoms with Gasteiger partial charge in [0, 0.05) is 48.3 Å². The van der Waals surface area contributed by atoms with Gasteiger partial charge in [0.1, 0.15) is 17.3 Å². The highest BCUT2D eigenvalue weighted by molar-refractivity contribution is 6.30. The maximum atomic E-state index is 9.89. The summed E-state index contributed by atoms with van der Waals surface area (Å²) in [5.74, 6) is 1.69. The van der Waals surface area contributed by atoms with Crippen molar-refractivity contribution in [3.8, 4) is 16.9 Å². The highest BCUT2D eigenvalue weighted by Gasteiger charge is 2.33. The van der Waals surface area contributed by atoms with E-state index in [1.807, 2.05) is 42.5 Å². The Morgan fingerprint density at radius 2 is 1.89 bits per heavy atom. The summed E-state index contributed by atoms with van der Waals surface area (Å²) in [6.45, 7) is 3.66. The Morgan fingerprint density at radius 1 is 1.07 bits per heavy atom. The number of rotatable bonds is 2. The first-order chi connectivity index (χ1) is 13.3. The summed E-state index contributed by atoms with van der Waals surface area (Å²) in [6, 6.07) is 13.9. The fraction of sp³-hybridized carbons (Fsp3) is 0.238. The molecule has 0 saturated carbocycles. The molecule has 1 aliphatic carbocycles. The molecule has 0 unspecified atom stereocenters. The number of oxime groups is 1. The van der Waals surface area contributed by atoms with Crippen LogP contribution < -0.4 is 15.0 Å². The number of nitrogens with one attached hydrogen (secondary N) is 1. The molecular weight excluding hydrogens is 340 g/mol. The van der Waals surface area contributed by atoms with E-state index in [1.54, 1.807) is 7.11 Å². The number of piperazine rings is 1. The van der Waals surface area contributed by atoms with E-state index in [0.717, 1.165) is 70.9 Å². The molecule has 0 spiro atoms. The Hall–Kier alpha value is -3.12. The van der Waals surface area contributed by atoms with E-state index in [-0.39, 0.29) is 0 Å². The molecule has 0 amide bonds. The van der Waals surface area contributed by atoms with Gasteiger partial charge in [-0.15, -0.1) is 0 Å². The molecule has 0 bridgehead atoms. The lowest BCUT2D eigenvalue weighted by Gasteiger charge is -2.30. The van der Waals surface area contributed by atoms with Gasteiger partial charge >= 0.3 is 0 Å². The largest absolute Gasteiger partial charge is 0.497 e. The molecule has 3 aromatic rings. The molecule has 2 N–H and O–H groups in total. The van der Waals surface area contributed by atoms with Crippen LogP contribution in [-0.2, 0) is 0 Å². The molecule has 27 heavy (non-hydrogen) atoms. The van der Waals surface area contributed by atoms with E-state index in [9.17, 15) is 5.21 Å². The van der Waals surface area contributed by atoms with Crippen molar-refractivity contribution in [1.29, 1.82) is 0 Å². The van der Waals surface area contributed by atoms with Crippen LogP contribution in [0.2, 0.25) is 0 Å². The standard InChI is InChI=1S/C21H20N4O2/c1-27-13-6-7-14-16(12-13)20(24-26)18-15-4-2-3-5-17(15)23-21(19(14)18)25-10-8-22-9-11-25/h2-7,12,22,26H,8-11H2,1H3/b24-20+. The van der Waals surface area contributed by atoms with Crippen LogP contribution in [0.5, 0.6) is 5.75 Å². The Morgan fingerprint density at radius 3 is 2.67 bits per heavy atom. The zero-order valence-electron chi connectivity index (χ0n) is 15.1. The van der Waals surface area contributed by atoms with Crippen LogP contribution in [0.1, 0.15) is 11.1 Å². The number of ether oxygens (including phenoxy) is 1. The third-order valence-electron chi connectivity index (χ3n) is 5.38. The first kappa shape index (κ1) is 16.1. The van der Waals surface area contributed by atoms with E-state index < -0.39 is 0 Å². The van der Waals surface area contributed by atoms with Gasteiger partial charge in [0.05, 0.1) is 12.6 Å². The number of benzene rings is 2. The number of para-hydroxylation sites is 1. The van der Waals surface area contributed by atoms with Crippen LogP contribution in [0, 0.1) is 0 Å². The van der Waals surface area contributed by atoms with Gasteiger partial charge in [0.15, 0.2) is 0 Å². The van der Waals surface area contributed by atoms with Gasteiger partial charge in [-0.1, -0.05) is 23.4 Å². The molecular formula is C21H20N4O2. The number of anilines is 1. The van der Waals surface area contributed by atoms with Crippen molar-refractivity contribution in [2.45, 2.75) is 0 Å². The predicted molar refractivity (Wildman–Crippen MR) is 106 cm³/mol. The van der Waals surface area contributed by atoms with E-state index in [0.29, 0.717) is 5.71 Å². The van der Waals surface area contributed by atoms with E-state index in [4.69, 9.17) is 9.72 Å². The zero-order chi connectivity index (χ0) is 18.4. The van der Waals surface area contributed by atoms with Gasteiger partial charge < -0.3 is 20.2 Å². The van der Waals surface area contributed by atoms with Crippen molar-refractivity contribution in [2.75, 3.05) is 38.2 Å². The molecule has 2 aromatic carbocycles. The summed E-state index contributed by atoms with van der Waals surface area (Å²) in [6.07, 6.45) is 0. The molecule has 2 aliphatic rings. The monoisotopic (exact) mass is 360 g/mol. The smallest absolute Gasteiger partial charge is 0.137 e. The second-order valence-electron chi connectivity index (χ2n) is 6.80. The molecule has 136 valence electrons. The average molecular weight is 360 g/mol. The predicted octanol–water partition coefficient (Wildman–Crippen LogP) is 2.86. The van der Waals surface area contributed by atoms with Gasteiger partial charge in [0.25, 0.3) is 0 Å². The van der Waals surface area contributed by atoms with Crippen molar-refractivity contribution in [3.63, 3.8) is 0 Å². The van der Waals surface area contributed by atoms with E-state index in [1.165, 1.54) is 0 Å². The van der Waals surface area contributed by atoms with Crippen molar-refractivity contribution >= 4 is 22.4 Å². The quantitative estimate of drug-likeness (QED) is 0.425. The topological polar surface area (TPSA) is 70.0 Å². The number of hydrogen-bond acceptors (Lipinski definition) is 6. The first-order valence-electron chi connectivity index (χ1n) is 9.11. The van der Waals surface area contributed by atoms with Gasteiger partial charge in [-0.3, -0.25) is 0 Å². The number of fused-ring (bicyclic) bond motifs is 5. The number of hydrogen-bond donors (Lipinski definition) is 2. The van der Waals surface area contributed by atoms with E-state index >= 15 is 0 Å². The number of pyridine rings is 1. The maximum Gasteiger partial charge on any atom is 0.137 e. The van der Waals surface area contributed by atoms with Crippen molar-refractivity contribution in [1.82, 2.24) is 10.3 Å². The second-order valence-corrected chi connectivity index (χ2v) is 6.80. The minimum absolute atomic E-state index is 0.578. The van der Waals surface area contributed by atoms with E-state index in [2.05, 4.69) is 15.4 Å². The molecule has 0 radical (unpaired) electrons. The van der Waals surface area contributed by atoms with Crippen LogP contribution in [0.4, 0.5) is 5.82 Å². The maximum absolute atomic E-state index is 9.89. The lowest BCUT2D eigenvalue weighted by atomic mass is 10.0. The molecule has 6 heteroatoms. The summed E-state index contributed by atoms with van der Waals surface area (Å²) < 4.78 is 5.39. The summed E-state index contributed by atoms with van der Waals surface area (Å²) in [4.78, 5) is 7.33. The van der Waals surface area contributed by atoms with Gasteiger partial charge in [-0.25, -0.2) is 4.98 Å². The van der Waals surface area contributed by atoms with Crippen LogP contribution in [0.3, 0.4) is 0 Å². The van der Waals surface area contributed by atoms with Crippen LogP contribution in [-0.4, -0.2) is 49.2 Å². The lowest BCUT2D eigenvalue weighted by molar-refractivity contribution is 0.320. The van der Waals surface area contributed by atoms with Crippen molar-refractivity contribution < 1.29 is 9.94 Å². The Balaban J connectivity index is 1.85. The summed E-state index contributed by atoms with van der Waals surface area (Å²) in [5.41, 5.74) is 5.38. The third kappa shape index (κ3) is 2.37. The Labute approximate surface area is 157 Å². The van der Waals surface area contributed by atoms with Crippen molar-refractivity contribution in [3.05, 3.63) is 53.6 Å². The molecule has 1 aliphatic heterocycles. The minimum Gasteiger partial charge on any atom is -0.497 e. The SMILES string of the molecule is COc1ccc2c(c1)/C(=N\O)c1c-2c(N2CCNCC2)nc2ccccc12. The number of methoxy groups -OCH3 is 1. The highest BCUT2D eigenvalue weighted by atomic mass is 16.5. The number of nitrogens with zero attached hydrogens (tertiary/aromatic N) is 3. The molecule has 1 aromatic heterocycles. The minimum atomic E-state index is 0.578. The zero-order valence-corrected chi connectivity index (χ0v) is 15.1. The van der Waals surface area contributed by atoms with Crippen LogP contribution >= 0.6 is 0 Å². The fourth-order valence-corrected chi connectivity index (χ4v) is 4.11. The summed E-state index contributed by atoms with van der Waals surface area (Å²) >= 11 is 0. The van der Waals surface area contributed by atoms with Gasteiger partial charge in [-0.05, 0) is 29.8 Å². The van der Waals surface area contributed by atoms with Gasteiger partial charge in [-0.2, -0.15) is 0 Å². The first-order valence-corrected chi connectivity index (χ1v) is 9.11. The summed E-state index contributed by atoms with van der Waals surface area (Å²) in [7, 11) is 1.64. The second kappa shape index (κ2) is 6.25. The molecule has 5 rings (SSSR count). The Bertz CT molecular complexity index is 1070. The lowest BCUT2D eigenvalue weighted by Crippen LogP contribution is -2.44. The fourth-order valence-electron chi connectivity index (χ4n) is 4.11. The van der Waals surface area contributed by atoms with Crippen LogP contribution in [0.15, 0.2) is 47.6 Å². The normalized spacial score (nSPS) is 17.2. The molecule has 1 fully saturated rings. The van der Waals surface area contributed by atoms with Crippen molar-refractivity contribution in [2.24, 2.45) is 5.16 Å². The van der Waals surface area contributed by atoms with Gasteiger partial charge in [0.2, 0.25) is 0 Å². The average Bonchev–Trinajstić information content (AvgIpc) is 3.07. The molecule has 6 nitrogen and oxygen atoms in total. The molecule has 1 saturated heterocycles. The highest BCUT2D eigenvalue weighted by Crippen LogP contribution is 2.46. The number of aromatic nitrogens is 1. The summed E-state index contributed by atoms with van der Waals surface area (Å²) in [5, 5.41) is 18.0. The van der Waals surface area contributed by atoms with Crippen LogP contribution in [0.25, 0.3) is 22.0 Å². The molecule has 0 atom stereocenters. The Kier molecular flexibility index (Phi) is 3.72. The third-order valence-corrected chi connectivity index (χ3v) is 5.38. The molecule has 2 heterocycles.